The molecule has 0 spiro atoms. The van der Waals surface area contributed by atoms with E-state index in [2.05, 4.69) is 61.9 Å². The highest BCUT2D eigenvalue weighted by atomic mass is 15.2. The number of benzene rings is 1. The van der Waals surface area contributed by atoms with Crippen LogP contribution in [-0.2, 0) is 0 Å². The first-order valence-corrected chi connectivity index (χ1v) is 11.0. The molecule has 4 heterocycles. The zero-order valence-electron chi connectivity index (χ0n) is 18.2. The van der Waals surface area contributed by atoms with E-state index in [4.69, 9.17) is 5.73 Å². The van der Waals surface area contributed by atoms with E-state index in [0.29, 0.717) is 5.69 Å². The fraction of sp³-hybridized carbons (Fsp3) is 0.240. The third-order valence-corrected chi connectivity index (χ3v) is 6.11. The molecule has 32 heavy (non-hydrogen) atoms. The maximum absolute atomic E-state index is 5.94. The number of hydrogen-bond acceptors (Lipinski definition) is 5. The summed E-state index contributed by atoms with van der Waals surface area (Å²) in [4.78, 5) is 14.4. The van der Waals surface area contributed by atoms with Gasteiger partial charge in [0.25, 0.3) is 0 Å². The van der Waals surface area contributed by atoms with Crippen LogP contribution in [0.15, 0.2) is 53.8 Å². The van der Waals surface area contributed by atoms with Gasteiger partial charge in [-0.25, -0.2) is 4.99 Å². The summed E-state index contributed by atoms with van der Waals surface area (Å²) in [6.07, 6.45) is 9.37. The molecular formula is C25H27N7. The summed E-state index contributed by atoms with van der Waals surface area (Å²) >= 11 is 0. The van der Waals surface area contributed by atoms with Crippen molar-refractivity contribution < 1.29 is 0 Å². The van der Waals surface area contributed by atoms with Crippen LogP contribution in [0.4, 0.5) is 11.5 Å². The minimum Gasteiger partial charge on any atom is -0.397 e. The van der Waals surface area contributed by atoms with Crippen LogP contribution in [0.25, 0.3) is 39.1 Å². The number of piperidine rings is 1. The smallest absolute Gasteiger partial charge is 0.139 e. The Labute approximate surface area is 187 Å². The zero-order chi connectivity index (χ0) is 22.1. The molecule has 0 amide bonds. The molecule has 3 aromatic heterocycles. The summed E-state index contributed by atoms with van der Waals surface area (Å²) in [7, 11) is 0. The van der Waals surface area contributed by atoms with Gasteiger partial charge in [-0.15, -0.1) is 0 Å². The van der Waals surface area contributed by atoms with Gasteiger partial charge in [0, 0.05) is 47.7 Å². The first-order valence-electron chi connectivity index (χ1n) is 11.0. The van der Waals surface area contributed by atoms with E-state index in [-0.39, 0.29) is 0 Å². The summed E-state index contributed by atoms with van der Waals surface area (Å²) < 4.78 is 0. The number of H-pyrrole nitrogens is 2. The van der Waals surface area contributed by atoms with E-state index >= 15 is 0 Å². The summed E-state index contributed by atoms with van der Waals surface area (Å²) in [5.74, 6) is 0.769. The summed E-state index contributed by atoms with van der Waals surface area (Å²) in [6, 6.07) is 10.3. The highest BCUT2D eigenvalue weighted by Crippen LogP contribution is 2.37. The van der Waals surface area contributed by atoms with Crippen molar-refractivity contribution >= 4 is 34.8 Å². The van der Waals surface area contributed by atoms with E-state index in [1.165, 1.54) is 25.0 Å². The number of anilines is 1. The third-order valence-electron chi connectivity index (χ3n) is 6.11. The lowest BCUT2D eigenvalue weighted by molar-refractivity contribution is 0.326. The minimum absolute atomic E-state index is 0.641. The Bertz CT molecular complexity index is 1310. The van der Waals surface area contributed by atoms with Crippen LogP contribution in [0.2, 0.25) is 0 Å². The number of aliphatic imine (C=N–C) groups is 1. The van der Waals surface area contributed by atoms with Crippen molar-refractivity contribution in [2.75, 3.05) is 18.8 Å². The summed E-state index contributed by atoms with van der Waals surface area (Å²) in [5, 5.41) is 8.78. The second-order valence-corrected chi connectivity index (χ2v) is 8.16. The normalized spacial score (nSPS) is 14.8. The number of likely N-dealkylation sites (tertiary alicyclic amines) is 1. The van der Waals surface area contributed by atoms with Gasteiger partial charge in [0.05, 0.1) is 16.9 Å². The molecule has 162 valence electrons. The average Bonchev–Trinajstić information content (AvgIpc) is 3.44. The number of nitrogens with two attached hydrogens (primary N) is 1. The average molecular weight is 426 g/mol. The third kappa shape index (κ3) is 3.56. The van der Waals surface area contributed by atoms with Crippen LogP contribution in [0.1, 0.15) is 31.7 Å². The number of allylic oxidation sites excluding steroid dienone is 1. The maximum atomic E-state index is 5.94. The molecule has 7 heteroatoms. The highest BCUT2D eigenvalue weighted by molar-refractivity contribution is 5.96. The standard InChI is InChI=1S/C25H27N7/c1-3-23(32-9-5-4-6-10-32)20-13-22(29-25(20)27-2)24-19-12-16(7-8-21(19)30-31-24)17-11-18(26)15-28-14-17/h3,7-8,11-15,29H,2,4-6,9-10,26H2,1H3,(H,30,31)/b23-3+. The Kier molecular flexibility index (Phi) is 5.23. The van der Waals surface area contributed by atoms with Gasteiger partial charge < -0.3 is 15.6 Å². The van der Waals surface area contributed by atoms with Gasteiger partial charge in [0.2, 0.25) is 0 Å². The van der Waals surface area contributed by atoms with Crippen LogP contribution >= 0.6 is 0 Å². The van der Waals surface area contributed by atoms with Gasteiger partial charge in [-0.1, -0.05) is 12.1 Å². The van der Waals surface area contributed by atoms with E-state index in [0.717, 1.165) is 57.9 Å². The number of fused-ring (bicyclic) bond motifs is 1. The van der Waals surface area contributed by atoms with E-state index in [1.54, 1.807) is 6.20 Å². The number of hydrogen-bond donors (Lipinski definition) is 3. The lowest BCUT2D eigenvalue weighted by atomic mass is 10.0. The van der Waals surface area contributed by atoms with Crippen LogP contribution in [0.5, 0.6) is 0 Å². The van der Waals surface area contributed by atoms with Gasteiger partial charge in [-0.3, -0.25) is 10.1 Å². The van der Waals surface area contributed by atoms with Gasteiger partial charge in [0.15, 0.2) is 0 Å². The molecule has 0 aliphatic carbocycles. The molecule has 7 nitrogen and oxygen atoms in total. The van der Waals surface area contributed by atoms with Crippen molar-refractivity contribution in [3.63, 3.8) is 0 Å². The van der Waals surface area contributed by atoms with Crippen LogP contribution in [0.3, 0.4) is 0 Å². The molecule has 0 atom stereocenters. The number of nitrogens with one attached hydrogen (secondary N) is 2. The summed E-state index contributed by atoms with van der Waals surface area (Å²) in [6.45, 7) is 8.02. The number of nitrogens with zero attached hydrogens (tertiary/aromatic N) is 4. The number of rotatable bonds is 5. The number of aromatic amines is 2. The van der Waals surface area contributed by atoms with Gasteiger partial charge in [-0.2, -0.15) is 5.10 Å². The van der Waals surface area contributed by atoms with Crippen molar-refractivity contribution in [3.8, 4) is 22.5 Å². The SMILES string of the molecule is C=Nc1[nH]c(-c2n[nH]c3ccc(-c4cncc(N)c4)cc23)cc1/C(=C\C)N1CCCCC1. The van der Waals surface area contributed by atoms with Crippen LogP contribution in [0, 0.1) is 0 Å². The molecule has 0 bridgehead atoms. The summed E-state index contributed by atoms with van der Waals surface area (Å²) in [5.41, 5.74) is 13.6. The molecule has 0 radical (unpaired) electrons. The van der Waals surface area contributed by atoms with Crippen molar-refractivity contribution in [2.24, 2.45) is 4.99 Å². The Morgan fingerprint density at radius 2 is 1.97 bits per heavy atom. The van der Waals surface area contributed by atoms with Crippen molar-refractivity contribution in [1.82, 2.24) is 25.1 Å². The molecule has 4 aromatic rings. The molecule has 1 aliphatic heterocycles. The highest BCUT2D eigenvalue weighted by Gasteiger charge is 2.21. The quantitative estimate of drug-likeness (QED) is 0.374. The fourth-order valence-corrected chi connectivity index (χ4v) is 4.55. The number of pyridine rings is 1. The van der Waals surface area contributed by atoms with E-state index in [1.807, 2.05) is 24.4 Å². The predicted molar refractivity (Wildman–Crippen MR) is 132 cm³/mol. The van der Waals surface area contributed by atoms with Crippen molar-refractivity contribution in [2.45, 2.75) is 26.2 Å². The Morgan fingerprint density at radius 3 is 2.72 bits per heavy atom. The number of nitrogen functional groups attached to an aromatic ring is 1. The topological polar surface area (TPSA) is 99.0 Å². The van der Waals surface area contributed by atoms with Gasteiger partial charge in [0.1, 0.15) is 11.5 Å². The van der Waals surface area contributed by atoms with Crippen LogP contribution < -0.4 is 5.73 Å². The van der Waals surface area contributed by atoms with Crippen LogP contribution in [-0.4, -0.2) is 44.9 Å². The molecule has 1 fully saturated rings. The van der Waals surface area contributed by atoms with Crippen molar-refractivity contribution in [1.29, 1.82) is 0 Å². The molecule has 4 N–H and O–H groups in total. The monoisotopic (exact) mass is 425 g/mol. The molecular weight excluding hydrogens is 398 g/mol. The van der Waals surface area contributed by atoms with E-state index < -0.39 is 0 Å². The Hall–Kier alpha value is -3.87. The molecule has 0 saturated carbocycles. The molecule has 0 unspecified atom stereocenters. The number of aromatic nitrogens is 4. The first-order chi connectivity index (χ1) is 15.7. The second-order valence-electron chi connectivity index (χ2n) is 8.16. The lowest BCUT2D eigenvalue weighted by Gasteiger charge is -2.31. The lowest BCUT2D eigenvalue weighted by Crippen LogP contribution is -2.28. The molecule has 1 aliphatic rings. The fourth-order valence-electron chi connectivity index (χ4n) is 4.55. The largest absolute Gasteiger partial charge is 0.397 e. The van der Waals surface area contributed by atoms with E-state index in [9.17, 15) is 0 Å². The Morgan fingerprint density at radius 1 is 1.12 bits per heavy atom. The maximum Gasteiger partial charge on any atom is 0.139 e. The second kappa shape index (κ2) is 8.34. The minimum atomic E-state index is 0.641. The predicted octanol–water partition coefficient (Wildman–Crippen LogP) is 5.38. The Balaban J connectivity index is 1.58. The van der Waals surface area contributed by atoms with Gasteiger partial charge >= 0.3 is 0 Å². The molecule has 5 rings (SSSR count). The first kappa shape index (κ1) is 20.1. The van der Waals surface area contributed by atoms with Gasteiger partial charge in [-0.05, 0) is 62.7 Å². The van der Waals surface area contributed by atoms with Crippen molar-refractivity contribution in [3.05, 3.63) is 54.4 Å². The zero-order valence-corrected chi connectivity index (χ0v) is 18.2. The molecule has 1 aromatic carbocycles. The molecule has 1 saturated heterocycles.